The number of methoxy groups -OCH3 is 1. The van der Waals surface area contributed by atoms with E-state index < -0.39 is 0 Å². The summed E-state index contributed by atoms with van der Waals surface area (Å²) in [6.07, 6.45) is 3.37. The molecule has 1 aliphatic rings. The predicted molar refractivity (Wildman–Crippen MR) is 96.9 cm³/mol. The second-order valence-electron chi connectivity index (χ2n) is 6.06. The molecule has 0 radical (unpaired) electrons. The summed E-state index contributed by atoms with van der Waals surface area (Å²) in [5.41, 5.74) is 1.42. The average molecular weight is 409 g/mol. The molecule has 1 fully saturated rings. The number of ether oxygens (including phenoxy) is 1. The lowest BCUT2D eigenvalue weighted by Crippen LogP contribution is -2.45. The van der Waals surface area contributed by atoms with Gasteiger partial charge in [0.2, 0.25) is 11.8 Å². The van der Waals surface area contributed by atoms with Gasteiger partial charge in [0.15, 0.2) is 0 Å². The Morgan fingerprint density at radius 3 is 2.72 bits per heavy atom. The van der Waals surface area contributed by atoms with Crippen LogP contribution in [0.5, 0.6) is 5.88 Å². The Morgan fingerprint density at radius 1 is 1.40 bits per heavy atom. The van der Waals surface area contributed by atoms with Crippen LogP contribution in [0, 0.1) is 6.92 Å². The number of halogens is 1. The molecule has 0 unspecified atom stereocenters. The summed E-state index contributed by atoms with van der Waals surface area (Å²) in [6.45, 7) is 3.43. The number of hydrogen-bond acceptors (Lipinski definition) is 6. The number of anilines is 1. The van der Waals surface area contributed by atoms with Gasteiger partial charge < -0.3 is 15.0 Å². The van der Waals surface area contributed by atoms with Crippen LogP contribution in [0.3, 0.4) is 0 Å². The van der Waals surface area contributed by atoms with Crippen molar-refractivity contribution in [2.24, 2.45) is 7.05 Å². The largest absolute Gasteiger partial charge is 0.480 e. The second kappa shape index (κ2) is 7.38. The Balaban J connectivity index is 1.58. The van der Waals surface area contributed by atoms with Crippen LogP contribution in [0.4, 0.5) is 5.95 Å². The number of nitrogens with one attached hydrogen (secondary N) is 1. The molecule has 3 rings (SSSR count). The quantitative estimate of drug-likeness (QED) is 0.828. The molecule has 134 valence electrons. The van der Waals surface area contributed by atoms with Crippen LogP contribution in [0.1, 0.15) is 29.0 Å². The third-order valence-electron chi connectivity index (χ3n) is 4.24. The number of hydrogen-bond donors (Lipinski definition) is 1. The number of aromatic nitrogens is 4. The molecule has 0 bridgehead atoms. The Kier molecular flexibility index (Phi) is 5.22. The molecule has 0 atom stereocenters. The molecule has 8 nitrogen and oxygen atoms in total. The Hall–Kier alpha value is -2.16. The van der Waals surface area contributed by atoms with Crippen molar-refractivity contribution in [1.82, 2.24) is 25.1 Å². The first kappa shape index (κ1) is 17.7. The van der Waals surface area contributed by atoms with Gasteiger partial charge in [0, 0.05) is 26.2 Å². The molecule has 1 amide bonds. The monoisotopic (exact) mass is 408 g/mol. The lowest BCUT2D eigenvalue weighted by molar-refractivity contribution is 0.0921. The highest BCUT2D eigenvalue weighted by Crippen LogP contribution is 2.25. The van der Waals surface area contributed by atoms with Crippen molar-refractivity contribution in [3.8, 4) is 5.88 Å². The Morgan fingerprint density at radius 2 is 2.12 bits per heavy atom. The normalized spacial score (nSPS) is 15.3. The molecule has 0 aliphatic carbocycles. The Bertz CT molecular complexity index is 770. The average Bonchev–Trinajstić information content (AvgIpc) is 2.94. The maximum Gasteiger partial charge on any atom is 0.269 e. The van der Waals surface area contributed by atoms with Gasteiger partial charge in [-0.2, -0.15) is 10.1 Å². The van der Waals surface area contributed by atoms with Crippen LogP contribution < -0.4 is 15.0 Å². The highest BCUT2D eigenvalue weighted by molar-refractivity contribution is 9.10. The van der Waals surface area contributed by atoms with Gasteiger partial charge in [-0.15, -0.1) is 0 Å². The lowest BCUT2D eigenvalue weighted by Gasteiger charge is -2.32. The van der Waals surface area contributed by atoms with Crippen LogP contribution in [-0.4, -0.2) is 51.9 Å². The van der Waals surface area contributed by atoms with Gasteiger partial charge in [-0.1, -0.05) is 0 Å². The third-order valence-corrected chi connectivity index (χ3v) is 4.78. The van der Waals surface area contributed by atoms with E-state index in [1.54, 1.807) is 31.1 Å². The summed E-state index contributed by atoms with van der Waals surface area (Å²) >= 11 is 3.36. The number of carbonyl (C=O) groups is 1. The minimum Gasteiger partial charge on any atom is -0.480 e. The maximum atomic E-state index is 12.4. The number of piperidine rings is 1. The van der Waals surface area contributed by atoms with E-state index >= 15 is 0 Å². The molecule has 2 aromatic rings. The summed E-state index contributed by atoms with van der Waals surface area (Å²) in [5, 5.41) is 7.31. The molecule has 0 saturated carbocycles. The highest BCUT2D eigenvalue weighted by atomic mass is 79.9. The molecule has 2 aromatic heterocycles. The van der Waals surface area contributed by atoms with Gasteiger partial charge >= 0.3 is 0 Å². The predicted octanol–water partition coefficient (Wildman–Crippen LogP) is 1.69. The fourth-order valence-corrected chi connectivity index (χ4v) is 3.30. The van der Waals surface area contributed by atoms with Crippen LogP contribution in [0.25, 0.3) is 0 Å². The van der Waals surface area contributed by atoms with Crippen LogP contribution in [-0.2, 0) is 7.05 Å². The van der Waals surface area contributed by atoms with E-state index in [4.69, 9.17) is 4.74 Å². The summed E-state index contributed by atoms with van der Waals surface area (Å²) in [5.74, 6) is 1.09. The fourth-order valence-electron chi connectivity index (χ4n) is 2.94. The number of aryl methyl sites for hydroxylation is 2. The van der Waals surface area contributed by atoms with Crippen molar-refractivity contribution >= 4 is 27.8 Å². The van der Waals surface area contributed by atoms with E-state index in [2.05, 4.69) is 41.2 Å². The summed E-state index contributed by atoms with van der Waals surface area (Å²) in [6, 6.07) is 1.93. The topological polar surface area (TPSA) is 85.2 Å². The van der Waals surface area contributed by atoms with Crippen molar-refractivity contribution in [3.63, 3.8) is 0 Å². The zero-order valence-corrected chi connectivity index (χ0v) is 16.1. The summed E-state index contributed by atoms with van der Waals surface area (Å²) < 4.78 is 7.56. The third kappa shape index (κ3) is 3.92. The number of carbonyl (C=O) groups excluding carboxylic acids is 1. The van der Waals surface area contributed by atoms with Crippen molar-refractivity contribution in [2.75, 3.05) is 25.1 Å². The van der Waals surface area contributed by atoms with Crippen molar-refractivity contribution in [3.05, 3.63) is 28.1 Å². The molecule has 3 heterocycles. The van der Waals surface area contributed by atoms with E-state index in [-0.39, 0.29) is 11.9 Å². The molecule has 0 spiro atoms. The van der Waals surface area contributed by atoms with Crippen molar-refractivity contribution < 1.29 is 9.53 Å². The van der Waals surface area contributed by atoms with Crippen LogP contribution in [0.2, 0.25) is 0 Å². The first-order valence-corrected chi connectivity index (χ1v) is 8.90. The van der Waals surface area contributed by atoms with E-state index in [1.807, 2.05) is 6.92 Å². The molecular weight excluding hydrogens is 388 g/mol. The summed E-state index contributed by atoms with van der Waals surface area (Å²) in [4.78, 5) is 23.2. The zero-order chi connectivity index (χ0) is 18.0. The standard InChI is InChI=1S/C16H21BrN6O2/c1-10-8-13(22(2)21-10)14(24)19-11-4-6-23(7-5-11)16-18-9-12(17)15(20-16)25-3/h8-9,11H,4-7H2,1-3H3,(H,19,24). The van der Waals surface area contributed by atoms with Gasteiger partial charge in [0.1, 0.15) is 5.69 Å². The molecule has 9 heteroatoms. The second-order valence-corrected chi connectivity index (χ2v) is 6.91. The van der Waals surface area contributed by atoms with Gasteiger partial charge in [0.05, 0.1) is 23.5 Å². The number of nitrogens with zero attached hydrogens (tertiary/aromatic N) is 5. The van der Waals surface area contributed by atoms with E-state index in [1.165, 1.54) is 0 Å². The molecule has 1 aliphatic heterocycles. The zero-order valence-electron chi connectivity index (χ0n) is 14.5. The minimum absolute atomic E-state index is 0.0805. The van der Waals surface area contributed by atoms with Gasteiger partial charge in [0.25, 0.3) is 5.91 Å². The summed E-state index contributed by atoms with van der Waals surface area (Å²) in [7, 11) is 3.36. The molecule has 1 N–H and O–H groups in total. The van der Waals surface area contributed by atoms with Crippen LogP contribution in [0.15, 0.2) is 16.7 Å². The minimum atomic E-state index is -0.0805. The first-order chi connectivity index (χ1) is 12.0. The molecule has 1 saturated heterocycles. The molecular formula is C16H21BrN6O2. The van der Waals surface area contributed by atoms with E-state index in [9.17, 15) is 4.79 Å². The van der Waals surface area contributed by atoms with Crippen molar-refractivity contribution in [1.29, 1.82) is 0 Å². The number of amides is 1. The molecule has 25 heavy (non-hydrogen) atoms. The number of rotatable bonds is 4. The Labute approximate surface area is 154 Å². The fraction of sp³-hybridized carbons (Fsp3) is 0.500. The van der Waals surface area contributed by atoms with Crippen molar-refractivity contribution in [2.45, 2.75) is 25.8 Å². The lowest BCUT2D eigenvalue weighted by atomic mass is 10.1. The smallest absolute Gasteiger partial charge is 0.269 e. The van der Waals surface area contributed by atoms with E-state index in [0.29, 0.717) is 17.5 Å². The SMILES string of the molecule is COc1nc(N2CCC(NC(=O)c3cc(C)nn3C)CC2)ncc1Br. The van der Waals surface area contributed by atoms with E-state index in [0.717, 1.165) is 36.1 Å². The molecule has 0 aromatic carbocycles. The van der Waals surface area contributed by atoms with Gasteiger partial charge in [-0.05, 0) is 41.8 Å². The highest BCUT2D eigenvalue weighted by Gasteiger charge is 2.24. The van der Waals surface area contributed by atoms with Gasteiger partial charge in [-0.25, -0.2) is 4.98 Å². The van der Waals surface area contributed by atoms with Crippen LogP contribution >= 0.6 is 15.9 Å². The first-order valence-electron chi connectivity index (χ1n) is 8.11. The van der Waals surface area contributed by atoms with Gasteiger partial charge in [-0.3, -0.25) is 9.48 Å². The maximum absolute atomic E-state index is 12.4.